The van der Waals surface area contributed by atoms with Gasteiger partial charge >= 0.3 is 0 Å². The average Bonchev–Trinajstić information content (AvgIpc) is 2.40. The van der Waals surface area contributed by atoms with Crippen LogP contribution in [0.3, 0.4) is 0 Å². The van der Waals surface area contributed by atoms with Crippen molar-refractivity contribution in [3.8, 4) is 0 Å². The fourth-order valence-corrected chi connectivity index (χ4v) is 2.88. The number of halogens is 3. The van der Waals surface area contributed by atoms with Gasteiger partial charge in [-0.15, -0.1) is 0 Å². The zero-order valence-corrected chi connectivity index (χ0v) is 13.6. The van der Waals surface area contributed by atoms with Crippen LogP contribution in [0.15, 0.2) is 36.4 Å². The third-order valence-corrected chi connectivity index (χ3v) is 3.81. The van der Waals surface area contributed by atoms with Gasteiger partial charge in [0.05, 0.1) is 0 Å². The molecule has 0 aliphatic carbocycles. The maximum absolute atomic E-state index is 14.0. The van der Waals surface area contributed by atoms with Crippen LogP contribution in [0.2, 0.25) is 10.0 Å². The van der Waals surface area contributed by atoms with E-state index in [1.54, 1.807) is 12.1 Å². The zero-order valence-electron chi connectivity index (χ0n) is 12.1. The second kappa shape index (κ2) is 7.26. The summed E-state index contributed by atoms with van der Waals surface area (Å²) < 4.78 is 14.0. The molecule has 0 heterocycles. The van der Waals surface area contributed by atoms with Crippen molar-refractivity contribution in [1.29, 1.82) is 0 Å². The van der Waals surface area contributed by atoms with Gasteiger partial charge in [0.15, 0.2) is 0 Å². The Kier molecular flexibility index (Phi) is 5.63. The molecule has 2 rings (SSSR count). The first-order valence-corrected chi connectivity index (χ1v) is 7.69. The molecule has 112 valence electrons. The molecule has 0 aliphatic heterocycles. The molecule has 0 fully saturated rings. The van der Waals surface area contributed by atoms with Crippen molar-refractivity contribution < 1.29 is 4.39 Å². The first-order valence-electron chi connectivity index (χ1n) is 6.94. The molecule has 0 amide bonds. The molecule has 0 saturated heterocycles. The van der Waals surface area contributed by atoms with Crippen LogP contribution in [-0.2, 0) is 6.42 Å². The first-order chi connectivity index (χ1) is 9.99. The molecule has 0 aromatic heterocycles. The van der Waals surface area contributed by atoms with Gasteiger partial charge < -0.3 is 5.32 Å². The molecule has 0 aliphatic rings. The molecule has 0 radical (unpaired) electrons. The highest BCUT2D eigenvalue weighted by molar-refractivity contribution is 6.30. The lowest BCUT2D eigenvalue weighted by Crippen LogP contribution is -2.23. The lowest BCUT2D eigenvalue weighted by Gasteiger charge is -2.20. The van der Waals surface area contributed by atoms with Crippen molar-refractivity contribution in [2.75, 3.05) is 6.54 Å². The van der Waals surface area contributed by atoms with E-state index in [0.29, 0.717) is 22.0 Å². The molecule has 2 aromatic carbocycles. The maximum Gasteiger partial charge on any atom is 0.127 e. The number of rotatable bonds is 5. The van der Waals surface area contributed by atoms with E-state index in [1.807, 2.05) is 26.0 Å². The molecular weight excluding hydrogens is 308 g/mol. The van der Waals surface area contributed by atoms with Crippen LogP contribution in [0.5, 0.6) is 0 Å². The monoisotopic (exact) mass is 325 g/mol. The second-order valence-corrected chi connectivity index (χ2v) is 5.98. The molecule has 2 aromatic rings. The SMILES string of the molecule is CCNC(Cc1ccc(Cl)cc1F)c1cc(C)cc(Cl)c1. The number of hydrogen-bond acceptors (Lipinski definition) is 1. The molecule has 1 N–H and O–H groups in total. The van der Waals surface area contributed by atoms with E-state index in [9.17, 15) is 4.39 Å². The Morgan fingerprint density at radius 3 is 2.48 bits per heavy atom. The quantitative estimate of drug-likeness (QED) is 0.782. The summed E-state index contributed by atoms with van der Waals surface area (Å²) in [4.78, 5) is 0. The lowest BCUT2D eigenvalue weighted by molar-refractivity contribution is 0.528. The number of aryl methyl sites for hydroxylation is 1. The standard InChI is InChI=1S/C17H18Cl2FN/c1-3-21-17(13-6-11(2)7-15(19)8-13)9-12-4-5-14(18)10-16(12)20/h4-8,10,17,21H,3,9H2,1-2H3. The summed E-state index contributed by atoms with van der Waals surface area (Å²) in [6.07, 6.45) is 0.552. The summed E-state index contributed by atoms with van der Waals surface area (Å²) in [5.74, 6) is -0.274. The van der Waals surface area contributed by atoms with Gasteiger partial charge in [-0.2, -0.15) is 0 Å². The number of likely N-dealkylation sites (N-methyl/N-ethyl adjacent to an activating group) is 1. The minimum absolute atomic E-state index is 0.0167. The lowest BCUT2D eigenvalue weighted by atomic mass is 9.97. The minimum Gasteiger partial charge on any atom is -0.310 e. The van der Waals surface area contributed by atoms with Gasteiger partial charge in [-0.25, -0.2) is 4.39 Å². The van der Waals surface area contributed by atoms with E-state index in [4.69, 9.17) is 23.2 Å². The maximum atomic E-state index is 14.0. The minimum atomic E-state index is -0.274. The van der Waals surface area contributed by atoms with Crippen LogP contribution in [0.4, 0.5) is 4.39 Å². The van der Waals surface area contributed by atoms with Crippen molar-refractivity contribution in [3.63, 3.8) is 0 Å². The van der Waals surface area contributed by atoms with Crippen LogP contribution >= 0.6 is 23.2 Å². The first kappa shape index (κ1) is 16.3. The highest BCUT2D eigenvalue weighted by Gasteiger charge is 2.15. The molecule has 4 heteroatoms. The largest absolute Gasteiger partial charge is 0.310 e. The Balaban J connectivity index is 2.30. The third kappa shape index (κ3) is 4.44. The fraction of sp³-hybridized carbons (Fsp3) is 0.294. The van der Waals surface area contributed by atoms with E-state index in [1.165, 1.54) is 6.07 Å². The van der Waals surface area contributed by atoms with E-state index < -0.39 is 0 Å². The van der Waals surface area contributed by atoms with Crippen molar-refractivity contribution in [1.82, 2.24) is 5.32 Å². The predicted octanol–water partition coefficient (Wildman–Crippen LogP) is 5.33. The number of nitrogens with one attached hydrogen (secondary N) is 1. The van der Waals surface area contributed by atoms with Crippen LogP contribution in [-0.4, -0.2) is 6.54 Å². The summed E-state index contributed by atoms with van der Waals surface area (Å²) in [5.41, 5.74) is 2.80. The van der Waals surface area contributed by atoms with Crippen LogP contribution in [0.1, 0.15) is 29.7 Å². The van der Waals surface area contributed by atoms with Gasteiger partial charge in [0, 0.05) is 16.1 Å². The number of benzene rings is 2. The fourth-order valence-electron chi connectivity index (χ4n) is 2.43. The second-order valence-electron chi connectivity index (χ2n) is 5.11. The topological polar surface area (TPSA) is 12.0 Å². The Hall–Kier alpha value is -1.09. The van der Waals surface area contributed by atoms with Crippen molar-refractivity contribution in [2.24, 2.45) is 0 Å². The third-order valence-electron chi connectivity index (χ3n) is 3.36. The summed E-state index contributed by atoms with van der Waals surface area (Å²) >= 11 is 11.9. The summed E-state index contributed by atoms with van der Waals surface area (Å²) in [7, 11) is 0. The van der Waals surface area contributed by atoms with Crippen molar-refractivity contribution >= 4 is 23.2 Å². The van der Waals surface area contributed by atoms with E-state index >= 15 is 0 Å². The molecule has 21 heavy (non-hydrogen) atoms. The average molecular weight is 326 g/mol. The Labute approximate surface area is 135 Å². The van der Waals surface area contributed by atoms with Crippen molar-refractivity contribution in [2.45, 2.75) is 26.3 Å². The smallest absolute Gasteiger partial charge is 0.127 e. The predicted molar refractivity (Wildman–Crippen MR) is 87.7 cm³/mol. The molecule has 0 spiro atoms. The summed E-state index contributed by atoms with van der Waals surface area (Å²) in [6.45, 7) is 4.83. The van der Waals surface area contributed by atoms with Gasteiger partial charge in [0.25, 0.3) is 0 Å². The molecule has 1 unspecified atom stereocenters. The molecule has 0 saturated carbocycles. The van der Waals surface area contributed by atoms with Gasteiger partial charge in [0.1, 0.15) is 5.82 Å². The van der Waals surface area contributed by atoms with Gasteiger partial charge in [-0.05, 0) is 60.8 Å². The van der Waals surface area contributed by atoms with E-state index in [2.05, 4.69) is 11.4 Å². The summed E-state index contributed by atoms with van der Waals surface area (Å²) in [6, 6.07) is 10.7. The normalized spacial score (nSPS) is 12.4. The van der Waals surface area contributed by atoms with Gasteiger partial charge in [-0.3, -0.25) is 0 Å². The number of hydrogen-bond donors (Lipinski definition) is 1. The Morgan fingerprint density at radius 2 is 1.86 bits per heavy atom. The van der Waals surface area contributed by atoms with Gasteiger partial charge in [0.2, 0.25) is 0 Å². The van der Waals surface area contributed by atoms with Crippen LogP contribution in [0.25, 0.3) is 0 Å². The van der Waals surface area contributed by atoms with E-state index in [-0.39, 0.29) is 11.9 Å². The molecular formula is C17H18Cl2FN. The van der Waals surface area contributed by atoms with Gasteiger partial charge in [-0.1, -0.05) is 42.3 Å². The molecule has 1 nitrogen and oxygen atoms in total. The zero-order chi connectivity index (χ0) is 15.4. The van der Waals surface area contributed by atoms with E-state index in [0.717, 1.165) is 17.7 Å². The molecule has 0 bridgehead atoms. The Bertz CT molecular complexity index is 608. The highest BCUT2D eigenvalue weighted by atomic mass is 35.5. The van der Waals surface area contributed by atoms with Crippen molar-refractivity contribution in [3.05, 3.63) is 69.0 Å². The highest BCUT2D eigenvalue weighted by Crippen LogP contribution is 2.25. The summed E-state index contributed by atoms with van der Waals surface area (Å²) in [5, 5.41) is 4.50. The Morgan fingerprint density at radius 1 is 1.10 bits per heavy atom. The van der Waals surface area contributed by atoms with Crippen LogP contribution < -0.4 is 5.32 Å². The van der Waals surface area contributed by atoms with Crippen LogP contribution in [0, 0.1) is 12.7 Å². The molecule has 1 atom stereocenters.